The van der Waals surface area contributed by atoms with Gasteiger partial charge in [0.15, 0.2) is 0 Å². The maximum absolute atomic E-state index is 12.8. The number of nitrogens with one attached hydrogen (secondary N) is 1. The Morgan fingerprint density at radius 3 is 2.33 bits per heavy atom. The number of anilines is 1. The van der Waals surface area contributed by atoms with Gasteiger partial charge in [0.1, 0.15) is 5.75 Å². The van der Waals surface area contributed by atoms with Crippen LogP contribution in [-0.4, -0.2) is 16.5 Å². The summed E-state index contributed by atoms with van der Waals surface area (Å²) in [6, 6.07) is 10.4. The molecule has 0 fully saturated rings. The zero-order valence-corrected chi connectivity index (χ0v) is 9.18. The lowest BCUT2D eigenvalue weighted by molar-refractivity contribution is 0.00771. The summed E-state index contributed by atoms with van der Waals surface area (Å²) in [6.45, 7) is 0. The number of pyridine rings is 1. The van der Waals surface area contributed by atoms with Crippen LogP contribution in [0.25, 0.3) is 0 Å². The Hall–Kier alpha value is -2.21. The number of nitrogens with zero attached hydrogens (tertiary/aromatic N) is 1. The predicted octanol–water partition coefficient (Wildman–Crippen LogP) is 2.13. The van der Waals surface area contributed by atoms with Gasteiger partial charge in [0, 0.05) is 17.8 Å². The van der Waals surface area contributed by atoms with Gasteiger partial charge in [0.05, 0.1) is 0 Å². The molecule has 0 saturated heterocycles. The van der Waals surface area contributed by atoms with Crippen molar-refractivity contribution in [3.63, 3.8) is 0 Å². The summed E-state index contributed by atoms with van der Waals surface area (Å²) < 4.78 is 30.7. The number of hydrogen-bond acceptors (Lipinski definition) is 4. The summed E-state index contributed by atoms with van der Waals surface area (Å²) in [5.74, 6) is -1.54. The van der Waals surface area contributed by atoms with Crippen LogP contribution in [0.15, 0.2) is 42.5 Å². The molecule has 0 aliphatic heterocycles. The minimum absolute atomic E-state index is 0.0310. The largest absolute Gasteiger partial charge is 0.447 e. The Kier molecular flexibility index (Phi) is 3.69. The highest BCUT2D eigenvalue weighted by Gasteiger charge is 2.08. The van der Waals surface area contributed by atoms with Crippen LogP contribution in [0.2, 0.25) is 0 Å². The molecule has 2 rings (SSSR count). The molecule has 6 heteroatoms. The van der Waals surface area contributed by atoms with Crippen molar-refractivity contribution in [2.75, 3.05) is 5.32 Å². The molecular weight excluding hydrogens is 242 g/mol. The van der Waals surface area contributed by atoms with Crippen molar-refractivity contribution in [1.29, 1.82) is 0 Å². The summed E-state index contributed by atoms with van der Waals surface area (Å²) in [4.78, 5) is 2.93. The lowest BCUT2D eigenvalue weighted by Gasteiger charge is -2.15. The van der Waals surface area contributed by atoms with Crippen molar-refractivity contribution in [1.82, 2.24) is 4.98 Å². The molecule has 0 radical (unpaired) electrons. The maximum atomic E-state index is 12.8. The highest BCUT2D eigenvalue weighted by Crippen LogP contribution is 2.14. The first-order valence-electron chi connectivity index (χ1n) is 5.13. The third kappa shape index (κ3) is 3.39. The zero-order chi connectivity index (χ0) is 13.0. The van der Waals surface area contributed by atoms with Gasteiger partial charge in [-0.1, -0.05) is 18.2 Å². The molecule has 0 amide bonds. The minimum atomic E-state index is -1.42. The van der Waals surface area contributed by atoms with E-state index < -0.39 is 18.3 Å². The van der Waals surface area contributed by atoms with E-state index in [2.05, 4.69) is 10.3 Å². The number of aromatic nitrogens is 1. The van der Waals surface area contributed by atoms with Crippen molar-refractivity contribution in [2.45, 2.75) is 6.41 Å². The Morgan fingerprint density at radius 2 is 1.72 bits per heavy atom. The van der Waals surface area contributed by atoms with Crippen LogP contribution < -0.4 is 10.1 Å². The van der Waals surface area contributed by atoms with E-state index in [1.54, 1.807) is 30.3 Å². The van der Waals surface area contributed by atoms with E-state index >= 15 is 0 Å². The second-order valence-electron chi connectivity index (χ2n) is 3.43. The molecule has 2 N–H and O–H groups in total. The second-order valence-corrected chi connectivity index (χ2v) is 3.43. The molecule has 94 valence electrons. The standard InChI is InChI=1S/C12H10F2N2O2/c13-10-6-8(7-11(14)16-10)15-12(17)18-9-4-2-1-3-5-9/h1-7,12,17H,(H,15,16). The Morgan fingerprint density at radius 1 is 1.11 bits per heavy atom. The van der Waals surface area contributed by atoms with Crippen molar-refractivity contribution < 1.29 is 18.6 Å². The fourth-order valence-electron chi connectivity index (χ4n) is 1.35. The zero-order valence-electron chi connectivity index (χ0n) is 9.18. The van der Waals surface area contributed by atoms with Crippen LogP contribution >= 0.6 is 0 Å². The molecule has 1 unspecified atom stereocenters. The van der Waals surface area contributed by atoms with Crippen LogP contribution in [0.5, 0.6) is 5.75 Å². The van der Waals surface area contributed by atoms with Crippen molar-refractivity contribution in [3.8, 4) is 5.75 Å². The van der Waals surface area contributed by atoms with Crippen LogP contribution in [-0.2, 0) is 0 Å². The summed E-state index contributed by atoms with van der Waals surface area (Å²) in [5, 5.41) is 11.9. The molecule has 0 saturated carbocycles. The van der Waals surface area contributed by atoms with Gasteiger partial charge in [-0.3, -0.25) is 0 Å². The quantitative estimate of drug-likeness (QED) is 0.646. The maximum Gasteiger partial charge on any atom is 0.279 e. The van der Waals surface area contributed by atoms with Gasteiger partial charge >= 0.3 is 0 Å². The fourth-order valence-corrected chi connectivity index (χ4v) is 1.35. The summed E-state index contributed by atoms with van der Waals surface area (Å²) >= 11 is 0. The first-order chi connectivity index (χ1) is 8.63. The van der Waals surface area contributed by atoms with Crippen LogP contribution in [0.3, 0.4) is 0 Å². The normalized spacial score (nSPS) is 11.9. The molecule has 2 aromatic rings. The summed E-state index contributed by atoms with van der Waals surface area (Å²) in [7, 11) is 0. The van der Waals surface area contributed by atoms with Gasteiger partial charge in [0.25, 0.3) is 6.41 Å². The predicted molar refractivity (Wildman–Crippen MR) is 60.9 cm³/mol. The van der Waals surface area contributed by atoms with Crippen molar-refractivity contribution in [2.24, 2.45) is 0 Å². The molecule has 18 heavy (non-hydrogen) atoms. The van der Waals surface area contributed by atoms with Gasteiger partial charge in [0.2, 0.25) is 11.9 Å². The van der Waals surface area contributed by atoms with E-state index in [0.717, 1.165) is 12.1 Å². The van der Waals surface area contributed by atoms with E-state index in [0.29, 0.717) is 5.75 Å². The smallest absolute Gasteiger partial charge is 0.279 e. The SMILES string of the molecule is OC(Nc1cc(F)nc(F)c1)Oc1ccccc1. The van der Waals surface area contributed by atoms with Gasteiger partial charge in [-0.25, -0.2) is 0 Å². The van der Waals surface area contributed by atoms with E-state index in [1.165, 1.54) is 0 Å². The molecule has 1 atom stereocenters. The molecule has 0 bridgehead atoms. The first-order valence-corrected chi connectivity index (χ1v) is 5.13. The van der Waals surface area contributed by atoms with E-state index in [9.17, 15) is 13.9 Å². The van der Waals surface area contributed by atoms with Gasteiger partial charge in [-0.2, -0.15) is 13.8 Å². The van der Waals surface area contributed by atoms with E-state index in [1.807, 2.05) is 0 Å². The number of ether oxygens (including phenoxy) is 1. The Balaban J connectivity index is 2.01. The third-order valence-corrected chi connectivity index (χ3v) is 2.04. The molecule has 1 aromatic heterocycles. The van der Waals surface area contributed by atoms with Crippen LogP contribution in [0.4, 0.5) is 14.5 Å². The first kappa shape index (κ1) is 12.3. The van der Waals surface area contributed by atoms with E-state index in [4.69, 9.17) is 4.74 Å². The topological polar surface area (TPSA) is 54.4 Å². The Labute approximate surface area is 102 Å². The molecule has 0 spiro atoms. The number of benzene rings is 1. The Bertz CT molecular complexity index is 502. The van der Waals surface area contributed by atoms with Crippen LogP contribution in [0, 0.1) is 11.9 Å². The number of rotatable bonds is 4. The minimum Gasteiger partial charge on any atom is -0.447 e. The number of aliphatic hydroxyl groups excluding tert-OH is 1. The number of para-hydroxylation sites is 1. The lowest BCUT2D eigenvalue weighted by atomic mass is 10.3. The number of aliphatic hydroxyl groups is 1. The lowest BCUT2D eigenvalue weighted by Crippen LogP contribution is -2.25. The highest BCUT2D eigenvalue weighted by atomic mass is 19.1. The highest BCUT2D eigenvalue weighted by molar-refractivity contribution is 5.41. The molecule has 4 nitrogen and oxygen atoms in total. The van der Waals surface area contributed by atoms with E-state index in [-0.39, 0.29) is 5.69 Å². The summed E-state index contributed by atoms with van der Waals surface area (Å²) in [6.07, 6.45) is -1.42. The van der Waals surface area contributed by atoms with Crippen molar-refractivity contribution >= 4 is 5.69 Å². The van der Waals surface area contributed by atoms with Gasteiger partial charge < -0.3 is 15.2 Å². The second kappa shape index (κ2) is 5.42. The fraction of sp³-hybridized carbons (Fsp3) is 0.0833. The average molecular weight is 252 g/mol. The molecule has 0 aliphatic rings. The molecule has 0 aliphatic carbocycles. The number of halogens is 2. The third-order valence-electron chi connectivity index (χ3n) is 2.04. The van der Waals surface area contributed by atoms with Gasteiger partial charge in [-0.05, 0) is 12.1 Å². The molecule has 1 heterocycles. The van der Waals surface area contributed by atoms with Gasteiger partial charge in [-0.15, -0.1) is 0 Å². The molecule has 1 aromatic carbocycles. The number of hydrogen-bond donors (Lipinski definition) is 2. The average Bonchev–Trinajstić information content (AvgIpc) is 2.28. The summed E-state index contributed by atoms with van der Waals surface area (Å²) in [5.41, 5.74) is 0.0310. The van der Waals surface area contributed by atoms with Crippen LogP contribution in [0.1, 0.15) is 0 Å². The monoisotopic (exact) mass is 252 g/mol. The molecular formula is C12H10F2N2O2. The van der Waals surface area contributed by atoms with Crippen molar-refractivity contribution in [3.05, 3.63) is 54.4 Å².